The first-order chi connectivity index (χ1) is 15.0. The minimum Gasteiger partial charge on any atom is -0.493 e. The fraction of sp³-hybridized carbons (Fsp3) is 0.542. The average molecular weight is 425 g/mol. The van der Waals surface area contributed by atoms with Crippen LogP contribution in [0.3, 0.4) is 0 Å². The van der Waals surface area contributed by atoms with Crippen molar-refractivity contribution in [1.82, 2.24) is 19.6 Å². The van der Waals surface area contributed by atoms with Crippen molar-refractivity contribution in [2.75, 3.05) is 32.8 Å². The number of likely N-dealkylation sites (tertiary alicyclic amines) is 2. The zero-order chi connectivity index (χ0) is 21.8. The SMILES string of the molecule is CC(=O)N1CCC([C@@H]2CN(C(=O)Cn3cc(C)cn3)C[C@H]2COc2ccccc2)CC1. The Morgan fingerprint density at radius 3 is 2.48 bits per heavy atom. The molecule has 2 fully saturated rings. The van der Waals surface area contributed by atoms with Gasteiger partial charge in [0, 0.05) is 45.2 Å². The van der Waals surface area contributed by atoms with Crippen LogP contribution >= 0.6 is 0 Å². The zero-order valence-corrected chi connectivity index (χ0v) is 18.4. The highest BCUT2D eigenvalue weighted by molar-refractivity contribution is 5.76. The van der Waals surface area contributed by atoms with Crippen LogP contribution in [-0.2, 0) is 16.1 Å². The number of hydrogen-bond donors (Lipinski definition) is 0. The van der Waals surface area contributed by atoms with Crippen molar-refractivity contribution in [2.45, 2.75) is 33.2 Å². The summed E-state index contributed by atoms with van der Waals surface area (Å²) in [6.07, 6.45) is 5.66. The number of piperidine rings is 1. The maximum Gasteiger partial charge on any atom is 0.244 e. The van der Waals surface area contributed by atoms with Gasteiger partial charge < -0.3 is 14.5 Å². The van der Waals surface area contributed by atoms with Crippen molar-refractivity contribution in [1.29, 1.82) is 0 Å². The van der Waals surface area contributed by atoms with Crippen molar-refractivity contribution >= 4 is 11.8 Å². The minimum atomic E-state index is 0.108. The molecule has 2 saturated heterocycles. The number of hydrogen-bond acceptors (Lipinski definition) is 4. The molecule has 7 nitrogen and oxygen atoms in total. The predicted molar refractivity (Wildman–Crippen MR) is 117 cm³/mol. The van der Waals surface area contributed by atoms with Crippen LogP contribution in [0, 0.1) is 24.7 Å². The number of aryl methyl sites for hydroxylation is 1. The van der Waals surface area contributed by atoms with E-state index in [-0.39, 0.29) is 24.3 Å². The first kappa shape index (κ1) is 21.4. The van der Waals surface area contributed by atoms with Gasteiger partial charge in [0.05, 0.1) is 12.8 Å². The minimum absolute atomic E-state index is 0.108. The summed E-state index contributed by atoms with van der Waals surface area (Å²) in [6, 6.07) is 9.86. The Hall–Kier alpha value is -2.83. The Balaban J connectivity index is 1.42. The lowest BCUT2D eigenvalue weighted by Gasteiger charge is -2.36. The first-order valence-electron chi connectivity index (χ1n) is 11.2. The van der Waals surface area contributed by atoms with Gasteiger partial charge in [-0.2, -0.15) is 5.10 Å². The Bertz CT molecular complexity index is 889. The van der Waals surface area contributed by atoms with Gasteiger partial charge in [-0.25, -0.2) is 0 Å². The van der Waals surface area contributed by atoms with E-state index in [9.17, 15) is 9.59 Å². The van der Waals surface area contributed by atoms with E-state index in [1.807, 2.05) is 53.3 Å². The second kappa shape index (κ2) is 9.54. The van der Waals surface area contributed by atoms with Crippen molar-refractivity contribution in [3.63, 3.8) is 0 Å². The van der Waals surface area contributed by atoms with Crippen LogP contribution in [-0.4, -0.2) is 64.2 Å². The topological polar surface area (TPSA) is 67.7 Å². The molecule has 0 unspecified atom stereocenters. The van der Waals surface area contributed by atoms with E-state index in [1.54, 1.807) is 17.8 Å². The smallest absolute Gasteiger partial charge is 0.244 e. The summed E-state index contributed by atoms with van der Waals surface area (Å²) in [5.74, 6) is 2.31. The van der Waals surface area contributed by atoms with Crippen LogP contribution < -0.4 is 4.74 Å². The summed E-state index contributed by atoms with van der Waals surface area (Å²) in [7, 11) is 0. The highest BCUT2D eigenvalue weighted by Gasteiger charge is 2.41. The lowest BCUT2D eigenvalue weighted by molar-refractivity contribution is -0.131. The highest BCUT2D eigenvalue weighted by atomic mass is 16.5. The number of carbonyl (C=O) groups is 2. The maximum atomic E-state index is 13.0. The molecule has 0 radical (unpaired) electrons. The molecule has 0 N–H and O–H groups in total. The van der Waals surface area contributed by atoms with E-state index < -0.39 is 0 Å². The summed E-state index contributed by atoms with van der Waals surface area (Å²) in [4.78, 5) is 28.6. The van der Waals surface area contributed by atoms with Gasteiger partial charge >= 0.3 is 0 Å². The molecular weight excluding hydrogens is 392 g/mol. The molecule has 2 amide bonds. The molecule has 1 aromatic heterocycles. The fourth-order valence-corrected chi connectivity index (χ4v) is 4.96. The molecule has 2 aliphatic rings. The third kappa shape index (κ3) is 5.27. The van der Waals surface area contributed by atoms with Crippen molar-refractivity contribution in [3.05, 3.63) is 48.3 Å². The number of carbonyl (C=O) groups excluding carboxylic acids is 2. The molecule has 166 valence electrons. The molecule has 0 saturated carbocycles. The van der Waals surface area contributed by atoms with E-state index >= 15 is 0 Å². The molecule has 0 bridgehead atoms. The quantitative estimate of drug-likeness (QED) is 0.715. The number of para-hydroxylation sites is 1. The highest BCUT2D eigenvalue weighted by Crippen LogP contribution is 2.36. The van der Waals surface area contributed by atoms with Crippen LogP contribution in [0.5, 0.6) is 5.75 Å². The van der Waals surface area contributed by atoms with Gasteiger partial charge in [-0.15, -0.1) is 0 Å². The van der Waals surface area contributed by atoms with E-state index in [0.29, 0.717) is 25.0 Å². The van der Waals surface area contributed by atoms with Gasteiger partial charge in [0.15, 0.2) is 0 Å². The summed E-state index contributed by atoms with van der Waals surface area (Å²) >= 11 is 0. The zero-order valence-electron chi connectivity index (χ0n) is 18.4. The third-order valence-electron chi connectivity index (χ3n) is 6.70. The largest absolute Gasteiger partial charge is 0.493 e. The average Bonchev–Trinajstić information content (AvgIpc) is 3.39. The number of nitrogens with zero attached hydrogens (tertiary/aromatic N) is 4. The maximum absolute atomic E-state index is 13.0. The summed E-state index contributed by atoms with van der Waals surface area (Å²) in [5, 5.41) is 4.26. The van der Waals surface area contributed by atoms with Crippen LogP contribution in [0.2, 0.25) is 0 Å². The van der Waals surface area contributed by atoms with Gasteiger partial charge in [-0.05, 0) is 49.3 Å². The molecule has 4 rings (SSSR count). The van der Waals surface area contributed by atoms with E-state index in [2.05, 4.69) is 5.10 Å². The van der Waals surface area contributed by atoms with Crippen molar-refractivity contribution < 1.29 is 14.3 Å². The van der Waals surface area contributed by atoms with E-state index in [0.717, 1.165) is 43.8 Å². The summed E-state index contributed by atoms with van der Waals surface area (Å²) in [5.41, 5.74) is 1.05. The van der Waals surface area contributed by atoms with Gasteiger partial charge in [0.1, 0.15) is 12.3 Å². The second-order valence-electron chi connectivity index (χ2n) is 8.91. The lowest BCUT2D eigenvalue weighted by atomic mass is 9.78. The van der Waals surface area contributed by atoms with Crippen LogP contribution in [0.25, 0.3) is 0 Å². The van der Waals surface area contributed by atoms with E-state index in [1.165, 1.54) is 0 Å². The standard InChI is InChI=1S/C24H32N4O3/c1-18-12-25-28(13-18)16-24(30)27-14-21(17-31-22-6-4-3-5-7-22)23(15-27)20-8-10-26(11-9-20)19(2)29/h3-7,12-13,20-21,23H,8-11,14-17H2,1-2H3/t21-,23-/m0/s1. The number of aromatic nitrogens is 2. The number of amides is 2. The molecule has 31 heavy (non-hydrogen) atoms. The number of benzene rings is 1. The van der Waals surface area contributed by atoms with Crippen LogP contribution in [0.1, 0.15) is 25.3 Å². The monoisotopic (exact) mass is 424 g/mol. The Morgan fingerprint density at radius 1 is 1.10 bits per heavy atom. The van der Waals surface area contributed by atoms with Gasteiger partial charge in [-0.3, -0.25) is 14.3 Å². The third-order valence-corrected chi connectivity index (χ3v) is 6.70. The van der Waals surface area contributed by atoms with Gasteiger partial charge in [0.2, 0.25) is 11.8 Å². The van der Waals surface area contributed by atoms with Crippen LogP contribution in [0.4, 0.5) is 0 Å². The lowest BCUT2D eigenvalue weighted by Crippen LogP contribution is -2.41. The Labute approximate surface area is 184 Å². The number of rotatable bonds is 6. The van der Waals surface area contributed by atoms with Crippen molar-refractivity contribution in [3.8, 4) is 5.75 Å². The van der Waals surface area contributed by atoms with Crippen LogP contribution in [0.15, 0.2) is 42.7 Å². The molecule has 7 heteroatoms. The van der Waals surface area contributed by atoms with Gasteiger partial charge in [0.25, 0.3) is 0 Å². The molecule has 1 aromatic carbocycles. The summed E-state index contributed by atoms with van der Waals surface area (Å²) in [6.45, 7) is 7.58. The molecule has 2 aromatic rings. The molecule has 0 spiro atoms. The molecule has 0 aliphatic carbocycles. The molecule has 3 heterocycles. The predicted octanol–water partition coefficient (Wildman–Crippen LogP) is 2.60. The van der Waals surface area contributed by atoms with Gasteiger partial charge in [-0.1, -0.05) is 18.2 Å². The Morgan fingerprint density at radius 2 is 1.84 bits per heavy atom. The first-order valence-corrected chi connectivity index (χ1v) is 11.2. The van der Waals surface area contributed by atoms with Crippen molar-refractivity contribution in [2.24, 2.45) is 17.8 Å². The normalized spacial score (nSPS) is 22.0. The Kier molecular flexibility index (Phi) is 6.59. The summed E-state index contributed by atoms with van der Waals surface area (Å²) < 4.78 is 7.81. The molecule has 2 atom stereocenters. The second-order valence-corrected chi connectivity index (χ2v) is 8.91. The number of ether oxygens (including phenoxy) is 1. The fourth-order valence-electron chi connectivity index (χ4n) is 4.96. The van der Waals surface area contributed by atoms with E-state index in [4.69, 9.17) is 4.74 Å². The molecule has 2 aliphatic heterocycles. The molecular formula is C24H32N4O3.